The van der Waals surface area contributed by atoms with Gasteiger partial charge in [0.05, 0.1) is 29.2 Å². The Bertz CT molecular complexity index is 1510. The number of rotatable bonds is 8. The number of para-hydroxylation sites is 1. The third-order valence-corrected chi connectivity index (χ3v) is 12.1. The average molecular weight is 649 g/mol. The smallest absolute Gasteiger partial charge is 0.248 e. The number of carbonyl (C=O) groups excluding carboxylic acids is 3. The van der Waals surface area contributed by atoms with E-state index >= 15 is 0 Å². The second kappa shape index (κ2) is 11.5. The van der Waals surface area contributed by atoms with Crippen molar-refractivity contribution in [2.75, 3.05) is 17.2 Å². The van der Waals surface area contributed by atoms with E-state index in [9.17, 15) is 19.5 Å². The van der Waals surface area contributed by atoms with E-state index in [1.807, 2.05) is 92.7 Å². The highest BCUT2D eigenvalue weighted by atomic mass is 79.9. The van der Waals surface area contributed by atoms with Gasteiger partial charge in [0, 0.05) is 21.5 Å². The Labute approximate surface area is 258 Å². The largest absolute Gasteiger partial charge is 0.394 e. The molecule has 0 aliphatic carbocycles. The van der Waals surface area contributed by atoms with Crippen LogP contribution in [-0.2, 0) is 20.8 Å². The van der Waals surface area contributed by atoms with E-state index in [1.54, 1.807) is 16.7 Å². The third-order valence-electron chi connectivity index (χ3n) is 8.89. The molecule has 3 amide bonds. The van der Waals surface area contributed by atoms with Crippen molar-refractivity contribution in [2.45, 2.75) is 53.6 Å². The zero-order chi connectivity index (χ0) is 29.6. The maximum Gasteiger partial charge on any atom is 0.248 e. The summed E-state index contributed by atoms with van der Waals surface area (Å²) in [6, 6.07) is 23.3. The summed E-state index contributed by atoms with van der Waals surface area (Å²) in [5.74, 6) is -2.07. The number of fused-ring (bicyclic) bond motifs is 1. The number of aliphatic hydroxyl groups excluding tert-OH is 1. The van der Waals surface area contributed by atoms with E-state index in [4.69, 9.17) is 0 Å². The first-order valence-corrected chi connectivity index (χ1v) is 16.1. The van der Waals surface area contributed by atoms with Gasteiger partial charge in [0.2, 0.25) is 17.7 Å². The van der Waals surface area contributed by atoms with Gasteiger partial charge in [-0.05, 0) is 61.6 Å². The fourth-order valence-electron chi connectivity index (χ4n) is 7.02. The highest BCUT2D eigenvalue weighted by Gasteiger charge is 2.76. The van der Waals surface area contributed by atoms with E-state index in [2.05, 4.69) is 26.6 Å². The summed E-state index contributed by atoms with van der Waals surface area (Å²) < 4.78 is -0.819. The highest BCUT2D eigenvalue weighted by Crippen LogP contribution is 2.68. The number of likely N-dealkylation sites (tertiary alicyclic amines) is 1. The van der Waals surface area contributed by atoms with Gasteiger partial charge in [0.15, 0.2) is 0 Å². The van der Waals surface area contributed by atoms with Crippen molar-refractivity contribution in [1.29, 1.82) is 0 Å². The van der Waals surface area contributed by atoms with Crippen LogP contribution in [0, 0.1) is 25.7 Å². The van der Waals surface area contributed by atoms with Gasteiger partial charge >= 0.3 is 0 Å². The van der Waals surface area contributed by atoms with E-state index in [1.165, 1.54) is 0 Å². The molecular formula is C33H34BrN3O4S. The van der Waals surface area contributed by atoms with Crippen molar-refractivity contribution >= 4 is 56.8 Å². The standard InChI is InChI=1S/C33H34BrN3O4S/c1-19-13-14-20(2)25(15-19)36-31(40)29-33-17-24(34)28(42-33)26(30(39)35-22-11-7-4-8-12-22)27(33)32(41)37(29)23(18-38)16-21-9-5-3-6-10-21/h3-15,23-24,26-29,38H,16-18H2,1-2H3,(H,35,39)(H,36,40)/t23-,24?,26-,27+,28-,29?,33?/m1/s1. The number of benzene rings is 3. The molecule has 3 N–H and O–H groups in total. The Morgan fingerprint density at radius 3 is 2.40 bits per heavy atom. The van der Waals surface area contributed by atoms with E-state index < -0.39 is 28.7 Å². The molecule has 0 saturated carbocycles. The molecule has 3 fully saturated rings. The van der Waals surface area contributed by atoms with Gasteiger partial charge in [-0.2, -0.15) is 0 Å². The molecule has 218 valence electrons. The topological polar surface area (TPSA) is 98.7 Å². The normalized spacial score (nSPS) is 28.4. The zero-order valence-corrected chi connectivity index (χ0v) is 25.9. The Kier molecular flexibility index (Phi) is 7.93. The van der Waals surface area contributed by atoms with Crippen molar-refractivity contribution in [2.24, 2.45) is 11.8 Å². The molecular weight excluding hydrogens is 614 g/mol. The van der Waals surface area contributed by atoms with Gasteiger partial charge in [-0.1, -0.05) is 76.6 Å². The molecule has 6 rings (SSSR count). The molecule has 7 atom stereocenters. The first-order chi connectivity index (χ1) is 20.2. The van der Waals surface area contributed by atoms with Crippen LogP contribution in [0.2, 0.25) is 0 Å². The maximum atomic E-state index is 14.6. The molecule has 0 radical (unpaired) electrons. The van der Waals surface area contributed by atoms with Crippen LogP contribution in [0.15, 0.2) is 78.9 Å². The first-order valence-electron chi connectivity index (χ1n) is 14.3. The number of amides is 3. The van der Waals surface area contributed by atoms with Crippen LogP contribution in [0.4, 0.5) is 11.4 Å². The minimum Gasteiger partial charge on any atom is -0.394 e. The van der Waals surface area contributed by atoms with E-state index in [0.29, 0.717) is 24.2 Å². The van der Waals surface area contributed by atoms with Gasteiger partial charge in [-0.15, -0.1) is 11.8 Å². The number of alkyl halides is 1. The molecule has 3 aliphatic heterocycles. The van der Waals surface area contributed by atoms with Crippen LogP contribution in [0.25, 0.3) is 0 Å². The Balaban J connectivity index is 1.40. The molecule has 3 unspecified atom stereocenters. The SMILES string of the molecule is Cc1ccc(C)c(NC(=O)C2N([C@@H](CO)Cc3ccccc3)C(=O)[C@@H]3[C@@H](C(=O)Nc4ccccc4)[C@@H]4SC23CC4Br)c1. The van der Waals surface area contributed by atoms with Crippen molar-refractivity contribution in [1.82, 2.24) is 4.90 Å². The van der Waals surface area contributed by atoms with E-state index in [-0.39, 0.29) is 34.4 Å². The number of nitrogens with one attached hydrogen (secondary N) is 2. The number of aryl methyl sites for hydroxylation is 2. The number of anilines is 2. The molecule has 3 aromatic carbocycles. The molecule has 3 heterocycles. The van der Waals surface area contributed by atoms with Crippen LogP contribution in [0.1, 0.15) is 23.1 Å². The predicted octanol–water partition coefficient (Wildman–Crippen LogP) is 4.95. The Hall–Kier alpha value is -3.14. The number of aliphatic hydroxyl groups is 1. The summed E-state index contributed by atoms with van der Waals surface area (Å²) in [5.41, 5.74) is 4.25. The third kappa shape index (κ3) is 4.95. The van der Waals surface area contributed by atoms with Gasteiger partial charge in [0.25, 0.3) is 0 Å². The number of hydrogen-bond donors (Lipinski definition) is 3. The molecule has 0 aromatic heterocycles. The molecule has 3 aliphatic rings. The number of nitrogens with zero attached hydrogens (tertiary/aromatic N) is 1. The maximum absolute atomic E-state index is 14.6. The van der Waals surface area contributed by atoms with Crippen LogP contribution in [0.3, 0.4) is 0 Å². The monoisotopic (exact) mass is 647 g/mol. The summed E-state index contributed by atoms with van der Waals surface area (Å²) in [5, 5.41) is 16.7. The van der Waals surface area contributed by atoms with Crippen LogP contribution in [-0.4, -0.2) is 61.2 Å². The van der Waals surface area contributed by atoms with Crippen LogP contribution < -0.4 is 10.6 Å². The molecule has 7 nitrogen and oxygen atoms in total. The fraction of sp³-hybridized carbons (Fsp3) is 0.364. The summed E-state index contributed by atoms with van der Waals surface area (Å²) in [6.45, 7) is 3.61. The lowest BCUT2D eigenvalue weighted by atomic mass is 9.70. The van der Waals surface area contributed by atoms with E-state index in [0.717, 1.165) is 16.7 Å². The molecule has 1 spiro atoms. The van der Waals surface area contributed by atoms with Gasteiger partial charge < -0.3 is 20.6 Å². The molecule has 42 heavy (non-hydrogen) atoms. The first kappa shape index (κ1) is 29.0. The van der Waals surface area contributed by atoms with Crippen molar-refractivity contribution < 1.29 is 19.5 Å². The van der Waals surface area contributed by atoms with Crippen LogP contribution >= 0.6 is 27.7 Å². The second-order valence-corrected chi connectivity index (χ2v) is 14.3. The number of carbonyl (C=O) groups is 3. The number of halogens is 1. The van der Waals surface area contributed by atoms with Crippen molar-refractivity contribution in [3.63, 3.8) is 0 Å². The highest BCUT2D eigenvalue weighted by molar-refractivity contribution is 9.09. The number of thioether (sulfide) groups is 1. The Morgan fingerprint density at radius 2 is 1.71 bits per heavy atom. The summed E-state index contributed by atoms with van der Waals surface area (Å²) in [4.78, 5) is 44.4. The predicted molar refractivity (Wildman–Crippen MR) is 170 cm³/mol. The van der Waals surface area contributed by atoms with Gasteiger partial charge in [-0.25, -0.2) is 0 Å². The minimum absolute atomic E-state index is 0.0456. The summed E-state index contributed by atoms with van der Waals surface area (Å²) in [6.07, 6.45) is 0.963. The zero-order valence-electron chi connectivity index (χ0n) is 23.5. The summed E-state index contributed by atoms with van der Waals surface area (Å²) >= 11 is 5.41. The molecule has 9 heteroatoms. The fourth-order valence-corrected chi connectivity index (χ4v) is 10.6. The lowest BCUT2D eigenvalue weighted by Crippen LogP contribution is -2.55. The second-order valence-electron chi connectivity index (χ2n) is 11.6. The van der Waals surface area contributed by atoms with Crippen molar-refractivity contribution in [3.8, 4) is 0 Å². The number of hydrogen-bond acceptors (Lipinski definition) is 5. The van der Waals surface area contributed by atoms with Crippen LogP contribution in [0.5, 0.6) is 0 Å². The minimum atomic E-state index is -0.861. The average Bonchev–Trinajstić information content (AvgIpc) is 3.58. The summed E-state index contributed by atoms with van der Waals surface area (Å²) in [7, 11) is 0. The van der Waals surface area contributed by atoms with Gasteiger partial charge in [-0.3, -0.25) is 14.4 Å². The van der Waals surface area contributed by atoms with Gasteiger partial charge in [0.1, 0.15) is 6.04 Å². The van der Waals surface area contributed by atoms with Crippen molar-refractivity contribution in [3.05, 3.63) is 95.6 Å². The molecule has 2 bridgehead atoms. The lowest BCUT2D eigenvalue weighted by Gasteiger charge is -2.37. The molecule has 3 aromatic rings. The quantitative estimate of drug-likeness (QED) is 0.301. The molecule has 3 saturated heterocycles. The Morgan fingerprint density at radius 1 is 1.02 bits per heavy atom. The lowest BCUT2D eigenvalue weighted by molar-refractivity contribution is -0.141.